The van der Waals surface area contributed by atoms with Crippen molar-refractivity contribution in [2.24, 2.45) is 0 Å². The molecule has 0 amide bonds. The molecule has 0 aromatic heterocycles. The third kappa shape index (κ3) is 1.75. The van der Waals surface area contributed by atoms with Gasteiger partial charge in [0, 0.05) is 4.47 Å². The van der Waals surface area contributed by atoms with Gasteiger partial charge in [0.1, 0.15) is 0 Å². The standard InChI is InChI=1S/C8H8BrClO/c1-5-6(4-11)2-3-7(10)8(5)9/h2-3,11H,4H2,1H3. The molecule has 0 aliphatic heterocycles. The van der Waals surface area contributed by atoms with Crippen molar-refractivity contribution in [2.45, 2.75) is 13.5 Å². The molecule has 1 aromatic rings. The molecule has 1 aromatic carbocycles. The molecular formula is C8H8BrClO. The van der Waals surface area contributed by atoms with E-state index in [-0.39, 0.29) is 6.61 Å². The fourth-order valence-corrected chi connectivity index (χ4v) is 1.45. The predicted octanol–water partition coefficient (Wildman–Crippen LogP) is 2.90. The number of benzene rings is 1. The molecule has 0 saturated heterocycles. The van der Waals surface area contributed by atoms with E-state index in [1.54, 1.807) is 6.07 Å². The highest BCUT2D eigenvalue weighted by atomic mass is 79.9. The second-order valence-electron chi connectivity index (χ2n) is 2.30. The van der Waals surface area contributed by atoms with Gasteiger partial charge in [0.15, 0.2) is 0 Å². The molecule has 0 unspecified atom stereocenters. The van der Waals surface area contributed by atoms with Gasteiger partial charge in [0.2, 0.25) is 0 Å². The maximum absolute atomic E-state index is 8.87. The molecular weight excluding hydrogens is 227 g/mol. The molecule has 0 atom stereocenters. The minimum Gasteiger partial charge on any atom is -0.392 e. The normalized spacial score (nSPS) is 10.2. The average Bonchev–Trinajstić information content (AvgIpc) is 2.01. The van der Waals surface area contributed by atoms with Crippen LogP contribution in [-0.4, -0.2) is 5.11 Å². The van der Waals surface area contributed by atoms with Gasteiger partial charge in [-0.2, -0.15) is 0 Å². The largest absolute Gasteiger partial charge is 0.392 e. The Morgan fingerprint density at radius 2 is 2.18 bits per heavy atom. The van der Waals surface area contributed by atoms with Crippen LogP contribution in [0.4, 0.5) is 0 Å². The van der Waals surface area contributed by atoms with Crippen LogP contribution in [0.3, 0.4) is 0 Å². The zero-order chi connectivity index (χ0) is 8.43. The van der Waals surface area contributed by atoms with Crippen molar-refractivity contribution in [3.63, 3.8) is 0 Å². The number of aliphatic hydroxyl groups excluding tert-OH is 1. The average molecular weight is 236 g/mol. The molecule has 11 heavy (non-hydrogen) atoms. The summed E-state index contributed by atoms with van der Waals surface area (Å²) in [6.45, 7) is 1.98. The summed E-state index contributed by atoms with van der Waals surface area (Å²) in [5.41, 5.74) is 1.90. The smallest absolute Gasteiger partial charge is 0.0684 e. The molecule has 0 saturated carbocycles. The lowest BCUT2D eigenvalue weighted by molar-refractivity contribution is 0.281. The third-order valence-electron chi connectivity index (χ3n) is 1.62. The summed E-state index contributed by atoms with van der Waals surface area (Å²) >= 11 is 9.14. The Bertz CT molecular complexity index is 273. The van der Waals surface area contributed by atoms with Gasteiger partial charge in [-0.3, -0.25) is 0 Å². The predicted molar refractivity (Wildman–Crippen MR) is 49.8 cm³/mol. The number of halogens is 2. The van der Waals surface area contributed by atoms with E-state index in [2.05, 4.69) is 15.9 Å². The number of hydrogen-bond acceptors (Lipinski definition) is 1. The topological polar surface area (TPSA) is 20.2 Å². The molecule has 60 valence electrons. The van der Waals surface area contributed by atoms with E-state index in [9.17, 15) is 0 Å². The van der Waals surface area contributed by atoms with Crippen molar-refractivity contribution in [3.05, 3.63) is 32.8 Å². The first-order valence-corrected chi connectivity index (χ1v) is 4.38. The van der Waals surface area contributed by atoms with Crippen LogP contribution in [0.15, 0.2) is 16.6 Å². The van der Waals surface area contributed by atoms with Gasteiger partial charge in [-0.25, -0.2) is 0 Å². The van der Waals surface area contributed by atoms with E-state index < -0.39 is 0 Å². The Labute approximate surface area is 79.1 Å². The van der Waals surface area contributed by atoms with Gasteiger partial charge >= 0.3 is 0 Å². The zero-order valence-corrected chi connectivity index (χ0v) is 8.41. The lowest BCUT2D eigenvalue weighted by atomic mass is 10.1. The summed E-state index contributed by atoms with van der Waals surface area (Å²) in [6.07, 6.45) is 0. The highest BCUT2D eigenvalue weighted by Gasteiger charge is 2.04. The fraction of sp³-hybridized carbons (Fsp3) is 0.250. The third-order valence-corrected chi connectivity index (χ3v) is 3.19. The molecule has 0 radical (unpaired) electrons. The van der Waals surface area contributed by atoms with Gasteiger partial charge in [-0.15, -0.1) is 0 Å². The van der Waals surface area contributed by atoms with E-state index in [0.29, 0.717) is 5.02 Å². The lowest BCUT2D eigenvalue weighted by Crippen LogP contribution is -1.89. The second-order valence-corrected chi connectivity index (χ2v) is 3.50. The molecule has 0 aliphatic carbocycles. The van der Waals surface area contributed by atoms with Crippen molar-refractivity contribution in [1.29, 1.82) is 0 Å². The zero-order valence-electron chi connectivity index (χ0n) is 6.06. The van der Waals surface area contributed by atoms with Crippen LogP contribution in [0.1, 0.15) is 11.1 Å². The molecule has 1 nitrogen and oxygen atoms in total. The monoisotopic (exact) mass is 234 g/mol. The van der Waals surface area contributed by atoms with Gasteiger partial charge in [-0.1, -0.05) is 17.7 Å². The molecule has 3 heteroatoms. The van der Waals surface area contributed by atoms with Crippen LogP contribution in [0, 0.1) is 6.92 Å². The number of hydrogen-bond donors (Lipinski definition) is 1. The quantitative estimate of drug-likeness (QED) is 0.793. The Morgan fingerprint density at radius 3 is 2.73 bits per heavy atom. The highest BCUT2D eigenvalue weighted by Crippen LogP contribution is 2.28. The van der Waals surface area contributed by atoms with E-state index in [1.807, 2.05) is 13.0 Å². The summed E-state index contributed by atoms with van der Waals surface area (Å²) in [5, 5.41) is 9.55. The molecule has 0 bridgehead atoms. The molecule has 0 aliphatic rings. The van der Waals surface area contributed by atoms with Gasteiger partial charge in [0.25, 0.3) is 0 Å². The molecule has 0 fully saturated rings. The van der Waals surface area contributed by atoms with Crippen molar-refractivity contribution in [1.82, 2.24) is 0 Å². The van der Waals surface area contributed by atoms with Crippen LogP contribution in [-0.2, 0) is 6.61 Å². The molecule has 0 spiro atoms. The minimum atomic E-state index is 0.0571. The van der Waals surface area contributed by atoms with Gasteiger partial charge in [-0.05, 0) is 40.0 Å². The summed E-state index contributed by atoms with van der Waals surface area (Å²) in [7, 11) is 0. The molecule has 0 heterocycles. The van der Waals surface area contributed by atoms with Crippen molar-refractivity contribution in [2.75, 3.05) is 0 Å². The van der Waals surface area contributed by atoms with Crippen LogP contribution < -0.4 is 0 Å². The Hall–Kier alpha value is -0.0500. The van der Waals surface area contributed by atoms with Crippen LogP contribution in [0.5, 0.6) is 0 Å². The summed E-state index contributed by atoms with van der Waals surface area (Å²) in [6, 6.07) is 3.59. The Morgan fingerprint density at radius 1 is 1.55 bits per heavy atom. The van der Waals surface area contributed by atoms with E-state index in [4.69, 9.17) is 16.7 Å². The fourth-order valence-electron chi connectivity index (χ4n) is 0.863. The van der Waals surface area contributed by atoms with E-state index >= 15 is 0 Å². The number of rotatable bonds is 1. The summed E-state index contributed by atoms with van der Waals surface area (Å²) < 4.78 is 0.866. The second kappa shape index (κ2) is 3.57. The SMILES string of the molecule is Cc1c(CO)ccc(Cl)c1Br. The number of aliphatic hydroxyl groups is 1. The first-order chi connectivity index (χ1) is 5.16. The van der Waals surface area contributed by atoms with Crippen molar-refractivity contribution >= 4 is 27.5 Å². The summed E-state index contributed by atoms with van der Waals surface area (Å²) in [5.74, 6) is 0. The van der Waals surface area contributed by atoms with Crippen molar-refractivity contribution in [3.8, 4) is 0 Å². The summed E-state index contributed by atoms with van der Waals surface area (Å²) in [4.78, 5) is 0. The first-order valence-electron chi connectivity index (χ1n) is 3.21. The van der Waals surface area contributed by atoms with E-state index in [1.165, 1.54) is 0 Å². The maximum atomic E-state index is 8.87. The van der Waals surface area contributed by atoms with Gasteiger partial charge in [0.05, 0.1) is 11.6 Å². The van der Waals surface area contributed by atoms with Crippen LogP contribution in [0.25, 0.3) is 0 Å². The van der Waals surface area contributed by atoms with Gasteiger partial charge < -0.3 is 5.11 Å². The minimum absolute atomic E-state index is 0.0571. The molecule has 1 rings (SSSR count). The highest BCUT2D eigenvalue weighted by molar-refractivity contribution is 9.10. The maximum Gasteiger partial charge on any atom is 0.0684 e. The Kier molecular flexibility index (Phi) is 2.93. The van der Waals surface area contributed by atoms with E-state index in [0.717, 1.165) is 15.6 Å². The molecule has 1 N–H and O–H groups in total. The Balaban J connectivity index is 3.25. The van der Waals surface area contributed by atoms with Crippen LogP contribution >= 0.6 is 27.5 Å². The first kappa shape index (κ1) is 9.04. The van der Waals surface area contributed by atoms with Crippen molar-refractivity contribution < 1.29 is 5.11 Å². The lowest BCUT2D eigenvalue weighted by Gasteiger charge is -2.05. The van der Waals surface area contributed by atoms with Crippen LogP contribution in [0.2, 0.25) is 5.02 Å².